The van der Waals surface area contributed by atoms with Crippen LogP contribution in [0.5, 0.6) is 0 Å². The third-order valence-corrected chi connectivity index (χ3v) is 4.40. The van der Waals surface area contributed by atoms with E-state index in [0.717, 1.165) is 5.82 Å². The molecular weight excluding hydrogens is 248 g/mol. The number of nitrogens with zero attached hydrogens (tertiary/aromatic N) is 4. The Bertz CT molecular complexity index is 575. The van der Waals surface area contributed by atoms with Gasteiger partial charge in [-0.15, -0.1) is 10.2 Å². The molecule has 1 atom stereocenters. The topological polar surface area (TPSA) is 43.1 Å². The third kappa shape index (κ3) is 1.79. The van der Waals surface area contributed by atoms with Gasteiger partial charge < -0.3 is 0 Å². The fourth-order valence-electron chi connectivity index (χ4n) is 3.02. The van der Waals surface area contributed by atoms with Crippen molar-refractivity contribution in [2.24, 2.45) is 5.41 Å². The molecule has 1 aliphatic carbocycles. The van der Waals surface area contributed by atoms with Crippen LogP contribution in [0.25, 0.3) is 5.65 Å². The summed E-state index contributed by atoms with van der Waals surface area (Å²) in [6.45, 7) is 4.64. The summed E-state index contributed by atoms with van der Waals surface area (Å²) in [4.78, 5) is 4.04. The second kappa shape index (κ2) is 4.19. The first-order valence-corrected chi connectivity index (χ1v) is 6.82. The van der Waals surface area contributed by atoms with E-state index in [4.69, 9.17) is 11.6 Å². The van der Waals surface area contributed by atoms with Gasteiger partial charge in [0.2, 0.25) is 0 Å². The maximum absolute atomic E-state index is 6.05. The molecule has 96 valence electrons. The molecule has 2 aromatic rings. The molecule has 0 aromatic carbocycles. The Kier molecular flexibility index (Phi) is 2.77. The van der Waals surface area contributed by atoms with Gasteiger partial charge in [0, 0.05) is 18.3 Å². The Labute approximate surface area is 111 Å². The van der Waals surface area contributed by atoms with E-state index in [1.165, 1.54) is 25.7 Å². The van der Waals surface area contributed by atoms with E-state index in [2.05, 4.69) is 29.0 Å². The highest BCUT2D eigenvalue weighted by Crippen LogP contribution is 2.46. The van der Waals surface area contributed by atoms with Crippen LogP contribution in [-0.4, -0.2) is 19.6 Å². The van der Waals surface area contributed by atoms with Gasteiger partial charge in [0.25, 0.3) is 0 Å². The second-order valence-corrected chi connectivity index (χ2v) is 6.11. The first kappa shape index (κ1) is 11.9. The zero-order valence-corrected chi connectivity index (χ0v) is 11.5. The van der Waals surface area contributed by atoms with Crippen LogP contribution < -0.4 is 0 Å². The molecule has 1 aliphatic rings. The van der Waals surface area contributed by atoms with Crippen molar-refractivity contribution in [3.63, 3.8) is 0 Å². The summed E-state index contributed by atoms with van der Waals surface area (Å²) >= 11 is 6.05. The van der Waals surface area contributed by atoms with E-state index < -0.39 is 0 Å². The minimum Gasteiger partial charge on any atom is -0.282 e. The molecule has 0 saturated heterocycles. The van der Waals surface area contributed by atoms with Crippen molar-refractivity contribution in [2.45, 2.75) is 45.4 Å². The summed E-state index contributed by atoms with van der Waals surface area (Å²) in [5.41, 5.74) is 0.937. The molecule has 2 aromatic heterocycles. The lowest BCUT2D eigenvalue weighted by Crippen LogP contribution is -2.27. The monoisotopic (exact) mass is 264 g/mol. The molecule has 1 fully saturated rings. The quantitative estimate of drug-likeness (QED) is 0.792. The summed E-state index contributed by atoms with van der Waals surface area (Å²) in [5.74, 6) is 1.47. The van der Waals surface area contributed by atoms with Gasteiger partial charge in [0.1, 0.15) is 5.82 Å². The highest BCUT2D eigenvalue weighted by Gasteiger charge is 2.36. The van der Waals surface area contributed by atoms with E-state index in [9.17, 15) is 0 Å². The van der Waals surface area contributed by atoms with Crippen molar-refractivity contribution in [1.29, 1.82) is 0 Å². The predicted molar refractivity (Wildman–Crippen MR) is 70.8 cm³/mol. The lowest BCUT2D eigenvalue weighted by molar-refractivity contribution is 0.191. The maximum Gasteiger partial charge on any atom is 0.198 e. The van der Waals surface area contributed by atoms with Gasteiger partial charge in [-0.05, 0) is 18.3 Å². The predicted octanol–water partition coefficient (Wildman–Crippen LogP) is 3.46. The van der Waals surface area contributed by atoms with Gasteiger partial charge in [-0.3, -0.25) is 4.40 Å². The van der Waals surface area contributed by atoms with Crippen LogP contribution in [0.15, 0.2) is 12.4 Å². The first-order chi connectivity index (χ1) is 8.59. The lowest BCUT2D eigenvalue weighted by Gasteiger charge is -2.37. The van der Waals surface area contributed by atoms with Crippen LogP contribution in [0, 0.1) is 5.41 Å². The molecule has 0 aliphatic heterocycles. The largest absolute Gasteiger partial charge is 0.282 e. The van der Waals surface area contributed by atoms with Crippen molar-refractivity contribution in [1.82, 2.24) is 19.6 Å². The number of rotatable bonds is 1. The molecule has 0 amide bonds. The minimum atomic E-state index is 0.275. The van der Waals surface area contributed by atoms with Gasteiger partial charge in [-0.2, -0.15) is 0 Å². The van der Waals surface area contributed by atoms with E-state index in [-0.39, 0.29) is 5.41 Å². The number of halogens is 1. The van der Waals surface area contributed by atoms with Gasteiger partial charge in [-0.1, -0.05) is 38.3 Å². The Morgan fingerprint density at radius 2 is 2.17 bits per heavy atom. The maximum atomic E-state index is 6.05. The first-order valence-electron chi connectivity index (χ1n) is 6.45. The molecule has 5 heteroatoms. The van der Waals surface area contributed by atoms with Crippen LogP contribution in [0.1, 0.15) is 51.3 Å². The molecule has 1 unspecified atom stereocenters. The van der Waals surface area contributed by atoms with Gasteiger partial charge in [0.05, 0.1) is 0 Å². The Hall–Kier alpha value is -1.16. The van der Waals surface area contributed by atoms with Gasteiger partial charge in [-0.25, -0.2) is 4.98 Å². The van der Waals surface area contributed by atoms with Gasteiger partial charge >= 0.3 is 0 Å². The lowest BCUT2D eigenvalue weighted by atomic mass is 9.68. The summed E-state index contributed by atoms with van der Waals surface area (Å²) in [6.07, 6.45) is 8.60. The number of hydrogen-bond acceptors (Lipinski definition) is 3. The zero-order chi connectivity index (χ0) is 12.8. The summed E-state index contributed by atoms with van der Waals surface area (Å²) in [6, 6.07) is 0. The van der Waals surface area contributed by atoms with E-state index >= 15 is 0 Å². The molecule has 18 heavy (non-hydrogen) atoms. The fraction of sp³-hybridized carbons (Fsp3) is 0.615. The third-order valence-electron chi connectivity index (χ3n) is 4.13. The van der Waals surface area contributed by atoms with E-state index in [0.29, 0.717) is 16.7 Å². The van der Waals surface area contributed by atoms with E-state index in [1.54, 1.807) is 6.20 Å². The van der Waals surface area contributed by atoms with Crippen LogP contribution >= 0.6 is 11.6 Å². The molecule has 0 spiro atoms. The minimum absolute atomic E-state index is 0.275. The average Bonchev–Trinajstić information content (AvgIpc) is 2.74. The normalized spacial score (nSPS) is 23.4. The molecular formula is C13H17ClN4. The molecule has 2 heterocycles. The number of hydrogen-bond donors (Lipinski definition) is 0. The van der Waals surface area contributed by atoms with Gasteiger partial charge in [0.15, 0.2) is 10.8 Å². The zero-order valence-electron chi connectivity index (χ0n) is 10.7. The molecule has 4 nitrogen and oxygen atoms in total. The van der Waals surface area contributed by atoms with Crippen LogP contribution in [0.4, 0.5) is 0 Å². The standard InChI is InChI=1S/C13H17ClN4/c1-13(2)6-4-3-5-9(13)11-16-17-12-10(14)15-7-8-18(11)12/h7-9H,3-6H2,1-2H3. The Balaban J connectivity index is 2.11. The van der Waals surface area contributed by atoms with Crippen molar-refractivity contribution in [3.05, 3.63) is 23.4 Å². The Morgan fingerprint density at radius 1 is 1.33 bits per heavy atom. The van der Waals surface area contributed by atoms with E-state index in [1.807, 2.05) is 10.6 Å². The van der Waals surface area contributed by atoms with Crippen molar-refractivity contribution >= 4 is 17.2 Å². The molecule has 0 N–H and O–H groups in total. The molecule has 1 saturated carbocycles. The van der Waals surface area contributed by atoms with Crippen LogP contribution in [0.2, 0.25) is 5.15 Å². The summed E-state index contributed by atoms with van der Waals surface area (Å²) in [7, 11) is 0. The molecule has 3 rings (SSSR count). The van der Waals surface area contributed by atoms with Crippen molar-refractivity contribution in [2.75, 3.05) is 0 Å². The second-order valence-electron chi connectivity index (χ2n) is 5.76. The summed E-state index contributed by atoms with van der Waals surface area (Å²) < 4.78 is 1.99. The highest BCUT2D eigenvalue weighted by atomic mass is 35.5. The highest BCUT2D eigenvalue weighted by molar-refractivity contribution is 6.32. The summed E-state index contributed by atoms with van der Waals surface area (Å²) in [5, 5.41) is 8.96. The van der Waals surface area contributed by atoms with Crippen LogP contribution in [-0.2, 0) is 0 Å². The number of aromatic nitrogens is 4. The molecule has 0 bridgehead atoms. The molecule has 0 radical (unpaired) electrons. The smallest absolute Gasteiger partial charge is 0.198 e. The number of fused-ring (bicyclic) bond motifs is 1. The van der Waals surface area contributed by atoms with Crippen molar-refractivity contribution in [3.8, 4) is 0 Å². The SMILES string of the molecule is CC1(C)CCCCC1c1nnc2c(Cl)nccn12. The van der Waals surface area contributed by atoms with Crippen molar-refractivity contribution < 1.29 is 0 Å². The average molecular weight is 265 g/mol. The van der Waals surface area contributed by atoms with Crippen LogP contribution in [0.3, 0.4) is 0 Å². The fourth-order valence-corrected chi connectivity index (χ4v) is 3.21. The Morgan fingerprint density at radius 3 is 2.94 bits per heavy atom.